The number of carbonyl (C=O) groups excluding carboxylic acids is 1. The fourth-order valence-corrected chi connectivity index (χ4v) is 3.62. The molecule has 0 spiro atoms. The predicted octanol–water partition coefficient (Wildman–Crippen LogP) is 1.89. The zero-order valence-electron chi connectivity index (χ0n) is 11.9. The Balaban J connectivity index is 1.75. The van der Waals surface area contributed by atoms with E-state index in [1.807, 2.05) is 29.2 Å². The number of nitrogens with two attached hydrogens (primary N) is 1. The summed E-state index contributed by atoms with van der Waals surface area (Å²) in [7, 11) is 1.62. The Labute approximate surface area is 119 Å². The number of amides is 1. The first-order chi connectivity index (χ1) is 9.69. The minimum absolute atomic E-state index is 0.102. The minimum atomic E-state index is 0.102. The maximum Gasteiger partial charge on any atom is 0.254 e. The Kier molecular flexibility index (Phi) is 3.66. The molecule has 1 heterocycles. The number of rotatable bonds is 2. The van der Waals surface area contributed by atoms with E-state index in [0.29, 0.717) is 17.4 Å². The summed E-state index contributed by atoms with van der Waals surface area (Å²) in [6, 6.07) is 7.64. The van der Waals surface area contributed by atoms with Gasteiger partial charge in [0.25, 0.3) is 5.91 Å². The molecule has 1 aliphatic heterocycles. The SMILES string of the molecule is COc1cccc(C(=O)N2CC3CCCC(N)C3C2)c1. The topological polar surface area (TPSA) is 55.6 Å². The summed E-state index contributed by atoms with van der Waals surface area (Å²) in [5.74, 6) is 1.90. The van der Waals surface area contributed by atoms with Crippen molar-refractivity contribution < 1.29 is 9.53 Å². The highest BCUT2D eigenvalue weighted by atomic mass is 16.5. The van der Waals surface area contributed by atoms with E-state index in [0.717, 1.165) is 25.3 Å². The summed E-state index contributed by atoms with van der Waals surface area (Å²) in [6.45, 7) is 1.66. The van der Waals surface area contributed by atoms with Gasteiger partial charge in [-0.25, -0.2) is 0 Å². The van der Waals surface area contributed by atoms with E-state index in [1.165, 1.54) is 12.8 Å². The van der Waals surface area contributed by atoms with Gasteiger partial charge >= 0.3 is 0 Å². The molecule has 108 valence electrons. The number of fused-ring (bicyclic) bond motifs is 1. The smallest absolute Gasteiger partial charge is 0.254 e. The van der Waals surface area contributed by atoms with Crippen LogP contribution in [0.3, 0.4) is 0 Å². The number of ether oxygens (including phenoxy) is 1. The van der Waals surface area contributed by atoms with Crippen LogP contribution in [0.4, 0.5) is 0 Å². The highest BCUT2D eigenvalue weighted by Gasteiger charge is 2.40. The molecule has 3 rings (SSSR count). The van der Waals surface area contributed by atoms with E-state index in [4.69, 9.17) is 10.5 Å². The highest BCUT2D eigenvalue weighted by Crippen LogP contribution is 2.36. The molecule has 0 aromatic heterocycles. The van der Waals surface area contributed by atoms with Gasteiger partial charge in [0.2, 0.25) is 0 Å². The summed E-state index contributed by atoms with van der Waals surface area (Å²) in [5.41, 5.74) is 6.91. The summed E-state index contributed by atoms with van der Waals surface area (Å²) in [5, 5.41) is 0. The monoisotopic (exact) mass is 274 g/mol. The number of carbonyl (C=O) groups is 1. The van der Waals surface area contributed by atoms with Gasteiger partial charge in [-0.2, -0.15) is 0 Å². The number of hydrogen-bond donors (Lipinski definition) is 1. The van der Waals surface area contributed by atoms with E-state index in [1.54, 1.807) is 7.11 Å². The Morgan fingerprint density at radius 1 is 1.35 bits per heavy atom. The molecule has 0 bridgehead atoms. The van der Waals surface area contributed by atoms with Crippen molar-refractivity contribution in [2.24, 2.45) is 17.6 Å². The second-order valence-corrected chi connectivity index (χ2v) is 5.96. The molecule has 4 nitrogen and oxygen atoms in total. The quantitative estimate of drug-likeness (QED) is 0.896. The number of methoxy groups -OCH3 is 1. The lowest BCUT2D eigenvalue weighted by Crippen LogP contribution is -2.38. The molecule has 1 aromatic rings. The second kappa shape index (κ2) is 5.44. The number of likely N-dealkylation sites (tertiary alicyclic amines) is 1. The first kappa shape index (κ1) is 13.4. The van der Waals surface area contributed by atoms with Crippen LogP contribution in [0.5, 0.6) is 5.75 Å². The zero-order valence-corrected chi connectivity index (χ0v) is 11.9. The van der Waals surface area contributed by atoms with Gasteiger partial charge in [0.15, 0.2) is 0 Å². The van der Waals surface area contributed by atoms with Crippen molar-refractivity contribution in [2.45, 2.75) is 25.3 Å². The van der Waals surface area contributed by atoms with Crippen molar-refractivity contribution in [2.75, 3.05) is 20.2 Å². The van der Waals surface area contributed by atoms with Crippen LogP contribution in [0, 0.1) is 11.8 Å². The van der Waals surface area contributed by atoms with Crippen molar-refractivity contribution in [1.82, 2.24) is 4.90 Å². The summed E-state index contributed by atoms with van der Waals surface area (Å²) in [6.07, 6.45) is 3.51. The van der Waals surface area contributed by atoms with Crippen LogP contribution in [-0.4, -0.2) is 37.0 Å². The Morgan fingerprint density at radius 3 is 2.95 bits per heavy atom. The lowest BCUT2D eigenvalue weighted by atomic mass is 9.78. The molecule has 0 radical (unpaired) electrons. The van der Waals surface area contributed by atoms with E-state index in [2.05, 4.69) is 0 Å². The molecule has 1 aromatic carbocycles. The summed E-state index contributed by atoms with van der Waals surface area (Å²) < 4.78 is 5.19. The predicted molar refractivity (Wildman–Crippen MR) is 77.7 cm³/mol. The standard InChI is InChI=1S/C16H22N2O2/c1-20-13-6-2-4-11(8-13)16(19)18-9-12-5-3-7-15(17)14(12)10-18/h2,4,6,8,12,14-15H,3,5,7,9-10,17H2,1H3. The molecule has 3 atom stereocenters. The average molecular weight is 274 g/mol. The van der Waals surface area contributed by atoms with E-state index < -0.39 is 0 Å². The normalized spacial score (nSPS) is 29.1. The molecule has 20 heavy (non-hydrogen) atoms. The fraction of sp³-hybridized carbons (Fsp3) is 0.562. The molecule has 4 heteroatoms. The van der Waals surface area contributed by atoms with Crippen LogP contribution in [0.1, 0.15) is 29.6 Å². The highest BCUT2D eigenvalue weighted by molar-refractivity contribution is 5.94. The van der Waals surface area contributed by atoms with Gasteiger partial charge in [0, 0.05) is 24.7 Å². The first-order valence-corrected chi connectivity index (χ1v) is 7.38. The maximum atomic E-state index is 12.6. The summed E-state index contributed by atoms with van der Waals surface area (Å²) >= 11 is 0. The van der Waals surface area contributed by atoms with Crippen molar-refractivity contribution in [1.29, 1.82) is 0 Å². The molecule has 2 N–H and O–H groups in total. The average Bonchev–Trinajstić information content (AvgIpc) is 2.92. The Bertz CT molecular complexity index is 503. The molecular weight excluding hydrogens is 252 g/mol. The van der Waals surface area contributed by atoms with Gasteiger partial charge in [0.05, 0.1) is 7.11 Å². The van der Waals surface area contributed by atoms with E-state index >= 15 is 0 Å². The third-order valence-corrected chi connectivity index (χ3v) is 4.76. The molecule has 1 amide bonds. The lowest BCUT2D eigenvalue weighted by molar-refractivity contribution is 0.0783. The van der Waals surface area contributed by atoms with E-state index in [9.17, 15) is 4.79 Å². The van der Waals surface area contributed by atoms with Gasteiger partial charge in [-0.3, -0.25) is 4.79 Å². The molecule has 2 fully saturated rings. The Hall–Kier alpha value is -1.55. The van der Waals surface area contributed by atoms with Gasteiger partial charge in [0.1, 0.15) is 5.75 Å². The van der Waals surface area contributed by atoms with Crippen molar-refractivity contribution in [3.8, 4) is 5.75 Å². The lowest BCUT2D eigenvalue weighted by Gasteiger charge is -2.29. The van der Waals surface area contributed by atoms with Crippen LogP contribution in [0.25, 0.3) is 0 Å². The molecule has 1 saturated carbocycles. The van der Waals surface area contributed by atoms with Crippen LogP contribution in [0.2, 0.25) is 0 Å². The molecular formula is C16H22N2O2. The van der Waals surface area contributed by atoms with Gasteiger partial charge < -0.3 is 15.4 Å². The third kappa shape index (κ3) is 2.40. The van der Waals surface area contributed by atoms with Crippen LogP contribution in [-0.2, 0) is 0 Å². The molecule has 3 unspecified atom stereocenters. The van der Waals surface area contributed by atoms with Crippen LogP contribution < -0.4 is 10.5 Å². The van der Waals surface area contributed by atoms with Crippen molar-refractivity contribution >= 4 is 5.91 Å². The summed E-state index contributed by atoms with van der Waals surface area (Å²) in [4.78, 5) is 14.6. The maximum absolute atomic E-state index is 12.6. The fourth-order valence-electron chi connectivity index (χ4n) is 3.62. The minimum Gasteiger partial charge on any atom is -0.497 e. The van der Waals surface area contributed by atoms with Gasteiger partial charge in [-0.05, 0) is 42.9 Å². The third-order valence-electron chi connectivity index (χ3n) is 4.76. The van der Waals surface area contributed by atoms with Gasteiger partial charge in [-0.1, -0.05) is 12.5 Å². The molecule has 1 saturated heterocycles. The number of hydrogen-bond acceptors (Lipinski definition) is 3. The largest absolute Gasteiger partial charge is 0.497 e. The number of nitrogens with zero attached hydrogens (tertiary/aromatic N) is 1. The van der Waals surface area contributed by atoms with Crippen LogP contribution >= 0.6 is 0 Å². The number of benzene rings is 1. The first-order valence-electron chi connectivity index (χ1n) is 7.38. The van der Waals surface area contributed by atoms with E-state index in [-0.39, 0.29) is 11.9 Å². The molecule has 2 aliphatic rings. The van der Waals surface area contributed by atoms with Gasteiger partial charge in [-0.15, -0.1) is 0 Å². The zero-order chi connectivity index (χ0) is 14.1. The van der Waals surface area contributed by atoms with Crippen molar-refractivity contribution in [3.63, 3.8) is 0 Å². The second-order valence-electron chi connectivity index (χ2n) is 5.96. The van der Waals surface area contributed by atoms with Crippen molar-refractivity contribution in [3.05, 3.63) is 29.8 Å². The Morgan fingerprint density at radius 2 is 2.20 bits per heavy atom. The molecule has 1 aliphatic carbocycles. The van der Waals surface area contributed by atoms with Crippen LogP contribution in [0.15, 0.2) is 24.3 Å².